The normalized spacial score (nSPS) is 11.6. The quantitative estimate of drug-likeness (QED) is 0.314. The average Bonchev–Trinajstić information content (AvgIpc) is 3.15. The number of nitrogens with zero attached hydrogens (tertiary/aromatic N) is 3. The molecule has 166 valence electrons. The highest BCUT2D eigenvalue weighted by atomic mass is 127. The van der Waals surface area contributed by atoms with Crippen molar-refractivity contribution in [2.24, 2.45) is 4.99 Å². The van der Waals surface area contributed by atoms with Crippen LogP contribution in [0, 0.1) is 0 Å². The van der Waals surface area contributed by atoms with E-state index in [2.05, 4.69) is 48.7 Å². The van der Waals surface area contributed by atoms with Crippen LogP contribution in [0.2, 0.25) is 0 Å². The lowest BCUT2D eigenvalue weighted by atomic mass is 9.93. The van der Waals surface area contributed by atoms with E-state index in [0.29, 0.717) is 12.1 Å². The van der Waals surface area contributed by atoms with Gasteiger partial charge >= 0.3 is 0 Å². The van der Waals surface area contributed by atoms with Gasteiger partial charge in [-0.3, -0.25) is 4.79 Å². The Hall–Kier alpha value is -1.68. The zero-order chi connectivity index (χ0) is 21.4. The van der Waals surface area contributed by atoms with Crippen molar-refractivity contribution in [1.82, 2.24) is 20.5 Å². The molecule has 2 rings (SSSR count). The Bertz CT molecular complexity index is 825. The molecule has 0 unspecified atom stereocenters. The number of carbonyl (C=O) groups excluding carboxylic acids is 1. The minimum atomic E-state index is 0. The van der Waals surface area contributed by atoms with Crippen molar-refractivity contribution < 1.29 is 4.79 Å². The predicted molar refractivity (Wildman–Crippen MR) is 137 cm³/mol. The second-order valence-corrected chi connectivity index (χ2v) is 9.09. The van der Waals surface area contributed by atoms with Crippen molar-refractivity contribution in [1.29, 1.82) is 0 Å². The number of carbonyl (C=O) groups is 1. The summed E-state index contributed by atoms with van der Waals surface area (Å²) in [6.45, 7) is 10.7. The van der Waals surface area contributed by atoms with E-state index in [9.17, 15) is 4.79 Å². The molecule has 0 saturated heterocycles. The Balaban J connectivity index is 0.00000450. The summed E-state index contributed by atoms with van der Waals surface area (Å²) in [4.78, 5) is 22.9. The topological polar surface area (TPSA) is 69.6 Å². The Labute approximate surface area is 201 Å². The Kier molecular flexibility index (Phi) is 10.8. The van der Waals surface area contributed by atoms with Crippen LogP contribution in [0.15, 0.2) is 34.6 Å². The zero-order valence-corrected chi connectivity index (χ0v) is 21.9. The lowest BCUT2D eigenvalue weighted by Crippen LogP contribution is -2.38. The van der Waals surface area contributed by atoms with Crippen LogP contribution in [0.4, 0.5) is 0 Å². The first kappa shape index (κ1) is 26.4. The molecule has 0 aliphatic carbocycles. The van der Waals surface area contributed by atoms with Gasteiger partial charge < -0.3 is 15.5 Å². The fourth-order valence-electron chi connectivity index (χ4n) is 2.58. The van der Waals surface area contributed by atoms with E-state index >= 15 is 0 Å². The molecule has 0 atom stereocenters. The first-order valence-corrected chi connectivity index (χ1v) is 10.9. The van der Waals surface area contributed by atoms with Crippen molar-refractivity contribution in [3.63, 3.8) is 0 Å². The van der Waals surface area contributed by atoms with Crippen LogP contribution in [0.5, 0.6) is 0 Å². The van der Waals surface area contributed by atoms with Gasteiger partial charge in [-0.25, -0.2) is 9.98 Å². The fraction of sp³-hybridized carbons (Fsp3) is 0.500. The fourth-order valence-corrected chi connectivity index (χ4v) is 3.61. The number of thiazole rings is 1. The molecule has 0 bridgehead atoms. The third-order valence-corrected chi connectivity index (χ3v) is 5.23. The molecular formula is C22H34IN5OS. The molecule has 0 saturated carbocycles. The van der Waals surface area contributed by atoms with Gasteiger partial charge in [-0.1, -0.05) is 32.9 Å². The van der Waals surface area contributed by atoms with Crippen molar-refractivity contribution in [2.75, 3.05) is 27.2 Å². The summed E-state index contributed by atoms with van der Waals surface area (Å²) in [5.41, 5.74) is 2.98. The van der Waals surface area contributed by atoms with E-state index in [0.717, 1.165) is 41.7 Å². The minimum Gasteiger partial charge on any atom is -0.357 e. The van der Waals surface area contributed by atoms with Gasteiger partial charge in [-0.05, 0) is 24.6 Å². The van der Waals surface area contributed by atoms with E-state index < -0.39 is 0 Å². The van der Waals surface area contributed by atoms with Crippen LogP contribution in [0.25, 0.3) is 0 Å². The molecule has 0 aliphatic heterocycles. The monoisotopic (exact) mass is 543 g/mol. The molecule has 1 aromatic heterocycles. The Morgan fingerprint density at radius 1 is 1.17 bits per heavy atom. The molecule has 8 heteroatoms. The van der Waals surface area contributed by atoms with Crippen LogP contribution in [0.3, 0.4) is 0 Å². The van der Waals surface area contributed by atoms with E-state index in [4.69, 9.17) is 4.98 Å². The summed E-state index contributed by atoms with van der Waals surface area (Å²) in [7, 11) is 3.51. The van der Waals surface area contributed by atoms with Crippen molar-refractivity contribution in [3.05, 3.63) is 51.5 Å². The number of rotatable bonds is 7. The molecule has 0 spiro atoms. The molecule has 0 fully saturated rings. The molecule has 30 heavy (non-hydrogen) atoms. The Morgan fingerprint density at radius 3 is 2.37 bits per heavy atom. The van der Waals surface area contributed by atoms with Gasteiger partial charge in [0.1, 0.15) is 0 Å². The molecule has 2 N–H and O–H groups in total. The second kappa shape index (κ2) is 12.2. The number of aromatic nitrogens is 1. The zero-order valence-electron chi connectivity index (χ0n) is 18.8. The number of nitrogens with one attached hydrogen (secondary N) is 2. The molecule has 0 radical (unpaired) electrons. The highest BCUT2D eigenvalue weighted by Crippen LogP contribution is 2.23. The van der Waals surface area contributed by atoms with E-state index in [1.807, 2.05) is 24.3 Å². The maximum absolute atomic E-state index is 12.0. The number of hydrogen-bond acceptors (Lipinski definition) is 4. The third-order valence-electron chi connectivity index (χ3n) is 4.32. The van der Waals surface area contributed by atoms with Gasteiger partial charge in [0.15, 0.2) is 5.96 Å². The van der Waals surface area contributed by atoms with Crippen molar-refractivity contribution in [3.8, 4) is 0 Å². The largest absolute Gasteiger partial charge is 0.357 e. The van der Waals surface area contributed by atoms with E-state index in [-0.39, 0.29) is 35.3 Å². The van der Waals surface area contributed by atoms with Gasteiger partial charge in [0.2, 0.25) is 0 Å². The maximum Gasteiger partial charge on any atom is 0.253 e. The summed E-state index contributed by atoms with van der Waals surface area (Å²) in [6.07, 6.45) is 0.868. The minimum absolute atomic E-state index is 0. The van der Waals surface area contributed by atoms with E-state index in [1.54, 1.807) is 30.3 Å². The lowest BCUT2D eigenvalue weighted by molar-refractivity contribution is 0.0827. The first-order chi connectivity index (χ1) is 13.7. The Morgan fingerprint density at radius 2 is 1.83 bits per heavy atom. The highest BCUT2D eigenvalue weighted by molar-refractivity contribution is 14.0. The van der Waals surface area contributed by atoms with Crippen LogP contribution >= 0.6 is 35.3 Å². The van der Waals surface area contributed by atoms with Gasteiger partial charge in [-0.15, -0.1) is 35.3 Å². The van der Waals surface area contributed by atoms with Crippen molar-refractivity contribution in [2.45, 2.75) is 46.1 Å². The molecule has 1 heterocycles. The molecule has 1 aromatic carbocycles. The third kappa shape index (κ3) is 8.22. The number of halogens is 1. The van der Waals surface area contributed by atoms with Gasteiger partial charge in [-0.2, -0.15) is 0 Å². The summed E-state index contributed by atoms with van der Waals surface area (Å²) < 4.78 is 0. The molecule has 6 nitrogen and oxygen atoms in total. The second-order valence-electron chi connectivity index (χ2n) is 8.14. The number of benzene rings is 1. The number of amides is 1. The van der Waals surface area contributed by atoms with E-state index in [1.165, 1.54) is 0 Å². The predicted octanol–water partition coefficient (Wildman–Crippen LogP) is 4.06. The smallest absolute Gasteiger partial charge is 0.253 e. The summed E-state index contributed by atoms with van der Waals surface area (Å²) >= 11 is 1.71. The maximum atomic E-state index is 12.0. The number of hydrogen-bond donors (Lipinski definition) is 2. The van der Waals surface area contributed by atoms with Crippen LogP contribution in [-0.2, 0) is 18.4 Å². The van der Waals surface area contributed by atoms with Crippen molar-refractivity contribution >= 4 is 47.2 Å². The summed E-state index contributed by atoms with van der Waals surface area (Å²) in [6, 6.07) is 7.60. The molecule has 2 aromatic rings. The summed E-state index contributed by atoms with van der Waals surface area (Å²) in [5.74, 6) is 0.792. The highest BCUT2D eigenvalue weighted by Gasteiger charge is 2.17. The first-order valence-electron chi connectivity index (χ1n) is 9.98. The summed E-state index contributed by atoms with van der Waals surface area (Å²) in [5, 5.41) is 9.94. The molecular weight excluding hydrogens is 509 g/mol. The average molecular weight is 544 g/mol. The van der Waals surface area contributed by atoms with Crippen LogP contribution in [-0.4, -0.2) is 48.9 Å². The van der Waals surface area contributed by atoms with Gasteiger partial charge in [0, 0.05) is 50.0 Å². The molecule has 1 amide bonds. The number of guanidine groups is 1. The lowest BCUT2D eigenvalue weighted by Gasteiger charge is -2.14. The number of aliphatic imine (C=N–C) groups is 1. The van der Waals surface area contributed by atoms with Crippen LogP contribution < -0.4 is 10.6 Å². The SMILES string of the molecule is CCNC(=NCc1ccc(C(=O)N(C)C)cc1)NCCc1nc(C(C)(C)C)cs1.I. The van der Waals surface area contributed by atoms with Gasteiger partial charge in [0.25, 0.3) is 5.91 Å². The standard InChI is InChI=1S/C22H33N5OS.HI/c1-7-23-21(24-13-12-19-26-18(15-29-19)22(2,3)4)25-14-16-8-10-17(11-9-16)20(28)27(5)6;/h8-11,15H,7,12-14H2,1-6H3,(H2,23,24,25);1H. The molecule has 0 aliphatic rings. The van der Waals surface area contributed by atoms with Crippen LogP contribution in [0.1, 0.15) is 54.3 Å². The van der Waals surface area contributed by atoms with Gasteiger partial charge in [0.05, 0.1) is 17.2 Å².